The van der Waals surface area contributed by atoms with Crippen LogP contribution in [0.5, 0.6) is 0 Å². The van der Waals surface area contributed by atoms with Gasteiger partial charge in [-0.3, -0.25) is 10.8 Å². The first-order valence-electron chi connectivity index (χ1n) is 10.5. The molecule has 3 rings (SSSR count). The Balaban J connectivity index is 1.86. The van der Waals surface area contributed by atoms with E-state index in [1.165, 1.54) is 22.2 Å². The number of benzene rings is 3. The lowest BCUT2D eigenvalue weighted by atomic mass is 9.88. The topological polar surface area (TPSA) is 124 Å². The van der Waals surface area contributed by atoms with Gasteiger partial charge >= 0.3 is 0 Å². The van der Waals surface area contributed by atoms with Crippen LogP contribution in [0.3, 0.4) is 0 Å². The highest BCUT2D eigenvalue weighted by Crippen LogP contribution is 2.29. The molecule has 0 aliphatic carbocycles. The van der Waals surface area contributed by atoms with Crippen LogP contribution in [0.4, 0.5) is 0 Å². The van der Waals surface area contributed by atoms with Gasteiger partial charge < -0.3 is 22.1 Å². The second-order valence-corrected chi connectivity index (χ2v) is 8.73. The van der Waals surface area contributed by atoms with E-state index in [-0.39, 0.29) is 11.9 Å². The summed E-state index contributed by atoms with van der Waals surface area (Å²) in [5.41, 5.74) is 19.0. The summed E-state index contributed by atoms with van der Waals surface area (Å²) in [6.45, 7) is 1.26. The summed E-state index contributed by atoms with van der Waals surface area (Å²) in [5, 5.41) is 20.4. The fourth-order valence-electron chi connectivity index (χ4n) is 3.70. The van der Waals surface area contributed by atoms with Gasteiger partial charge in [-0.05, 0) is 64.4 Å². The summed E-state index contributed by atoms with van der Waals surface area (Å²) < 4.78 is 1.02. The Morgan fingerprint density at radius 1 is 0.750 bits per heavy atom. The molecule has 0 saturated heterocycles. The van der Waals surface area contributed by atoms with E-state index in [1.54, 1.807) is 0 Å². The average Bonchev–Trinajstić information content (AvgIpc) is 2.72. The third-order valence-electron chi connectivity index (χ3n) is 5.08. The van der Waals surface area contributed by atoms with E-state index >= 15 is 0 Å². The third kappa shape index (κ3) is 6.88. The van der Waals surface area contributed by atoms with Crippen LogP contribution < -0.4 is 27.6 Å². The van der Waals surface area contributed by atoms with Crippen molar-refractivity contribution in [2.24, 2.45) is 11.5 Å². The minimum Gasteiger partial charge on any atom is -0.370 e. The summed E-state index contributed by atoms with van der Waals surface area (Å²) in [7, 11) is 2.10. The Morgan fingerprint density at radius 3 is 1.84 bits per heavy atom. The van der Waals surface area contributed by atoms with Crippen molar-refractivity contribution < 1.29 is 0 Å². The van der Waals surface area contributed by atoms with Gasteiger partial charge in [0.2, 0.25) is 0 Å². The molecule has 0 heterocycles. The molecule has 0 radical (unpaired) electrons. The maximum atomic E-state index is 7.32. The van der Waals surface area contributed by atoms with Crippen molar-refractivity contribution >= 4 is 41.2 Å². The zero-order valence-electron chi connectivity index (χ0n) is 18.1. The molecule has 0 bridgehead atoms. The zero-order chi connectivity index (χ0) is 23.1. The SMILES string of the molecule is Bc1cc(CCNC(=N)N)cc(-c2cccc(-c3cc(Br)cc(CCNC(=N)N)c3)c2)c1. The van der Waals surface area contributed by atoms with Gasteiger partial charge in [0.1, 0.15) is 7.85 Å². The fraction of sp³-hybridized carbons (Fsp3) is 0.167. The standard InChI is InChI=1S/C24H28BBrN6/c25-21-10-15(4-6-31-23(27)28)8-19(13-21)17-2-1-3-18(12-17)20-9-16(11-22(26)14-20)5-7-32-24(29)30/h1-3,8-14H,4-7,25H2,(H4,27,28,31)(H4,29,30,32). The van der Waals surface area contributed by atoms with Crippen LogP contribution in [0, 0.1) is 10.8 Å². The quantitative estimate of drug-likeness (QED) is 0.164. The molecule has 6 nitrogen and oxygen atoms in total. The normalized spacial score (nSPS) is 10.5. The molecule has 0 unspecified atom stereocenters. The first-order valence-corrected chi connectivity index (χ1v) is 11.3. The van der Waals surface area contributed by atoms with Crippen LogP contribution in [0.15, 0.2) is 65.1 Å². The molecule has 0 fully saturated rings. The number of nitrogens with one attached hydrogen (secondary N) is 4. The van der Waals surface area contributed by atoms with Gasteiger partial charge in [0, 0.05) is 17.6 Å². The molecule has 0 aliphatic heterocycles. The minimum absolute atomic E-state index is 0.00366. The number of halogens is 1. The Labute approximate surface area is 198 Å². The van der Waals surface area contributed by atoms with Gasteiger partial charge in [-0.15, -0.1) is 0 Å². The van der Waals surface area contributed by atoms with E-state index in [0.29, 0.717) is 13.1 Å². The molecule has 0 aromatic heterocycles. The van der Waals surface area contributed by atoms with E-state index in [0.717, 1.165) is 34.0 Å². The molecule has 3 aromatic rings. The second-order valence-electron chi connectivity index (χ2n) is 7.82. The first-order chi connectivity index (χ1) is 15.3. The van der Waals surface area contributed by atoms with Crippen LogP contribution in [0.2, 0.25) is 0 Å². The van der Waals surface area contributed by atoms with Gasteiger partial charge in [0.25, 0.3) is 0 Å². The summed E-state index contributed by atoms with van der Waals surface area (Å²) in [6, 6.07) is 21.5. The largest absolute Gasteiger partial charge is 0.370 e. The summed E-state index contributed by atoms with van der Waals surface area (Å²) in [4.78, 5) is 0. The number of nitrogens with two attached hydrogens (primary N) is 2. The van der Waals surface area contributed by atoms with Crippen LogP contribution in [0.1, 0.15) is 11.1 Å². The van der Waals surface area contributed by atoms with Crippen molar-refractivity contribution in [3.05, 3.63) is 76.3 Å². The lowest BCUT2D eigenvalue weighted by Gasteiger charge is -2.12. The lowest BCUT2D eigenvalue weighted by molar-refractivity contribution is 0.854. The van der Waals surface area contributed by atoms with E-state index in [9.17, 15) is 0 Å². The van der Waals surface area contributed by atoms with Gasteiger partial charge in [-0.1, -0.05) is 63.9 Å². The monoisotopic (exact) mass is 490 g/mol. The number of rotatable bonds is 8. The van der Waals surface area contributed by atoms with Crippen molar-refractivity contribution in [2.75, 3.05) is 13.1 Å². The van der Waals surface area contributed by atoms with Crippen LogP contribution in [0.25, 0.3) is 22.3 Å². The number of hydrogen-bond donors (Lipinski definition) is 6. The molecule has 8 N–H and O–H groups in total. The van der Waals surface area contributed by atoms with E-state index in [1.807, 2.05) is 0 Å². The van der Waals surface area contributed by atoms with Crippen molar-refractivity contribution in [3.63, 3.8) is 0 Å². The molecule has 0 aliphatic rings. The predicted octanol–water partition coefficient (Wildman–Crippen LogP) is 2.09. The van der Waals surface area contributed by atoms with E-state index in [4.69, 9.17) is 22.3 Å². The Hall–Kier alpha value is -3.26. The maximum absolute atomic E-state index is 7.32. The van der Waals surface area contributed by atoms with Gasteiger partial charge in [0.05, 0.1) is 0 Å². The number of guanidine groups is 2. The van der Waals surface area contributed by atoms with Crippen molar-refractivity contribution in [1.29, 1.82) is 10.8 Å². The van der Waals surface area contributed by atoms with Crippen molar-refractivity contribution in [3.8, 4) is 22.3 Å². The van der Waals surface area contributed by atoms with Crippen LogP contribution >= 0.6 is 15.9 Å². The van der Waals surface area contributed by atoms with Crippen LogP contribution in [-0.4, -0.2) is 32.9 Å². The molecule has 164 valence electrons. The molecule has 0 spiro atoms. The first kappa shape index (κ1) is 23.4. The van der Waals surface area contributed by atoms with Crippen LogP contribution in [-0.2, 0) is 12.8 Å². The predicted molar refractivity (Wildman–Crippen MR) is 140 cm³/mol. The average molecular weight is 491 g/mol. The molecule has 0 atom stereocenters. The maximum Gasteiger partial charge on any atom is 0.185 e. The zero-order valence-corrected chi connectivity index (χ0v) is 19.7. The Kier molecular flexibility index (Phi) is 7.95. The second kappa shape index (κ2) is 10.9. The molecule has 0 amide bonds. The van der Waals surface area contributed by atoms with Gasteiger partial charge in [0.15, 0.2) is 11.9 Å². The summed E-state index contributed by atoms with van der Waals surface area (Å²) >= 11 is 3.63. The summed E-state index contributed by atoms with van der Waals surface area (Å²) in [5.74, 6) is -0.0152. The highest BCUT2D eigenvalue weighted by atomic mass is 79.9. The smallest absolute Gasteiger partial charge is 0.185 e. The highest BCUT2D eigenvalue weighted by Gasteiger charge is 2.07. The molecule has 8 heteroatoms. The lowest BCUT2D eigenvalue weighted by Crippen LogP contribution is -2.31. The molecular formula is C24H28BBrN6. The third-order valence-corrected chi connectivity index (χ3v) is 5.54. The van der Waals surface area contributed by atoms with Gasteiger partial charge in [-0.2, -0.15) is 0 Å². The number of hydrogen-bond acceptors (Lipinski definition) is 2. The molecule has 32 heavy (non-hydrogen) atoms. The van der Waals surface area contributed by atoms with E-state index in [2.05, 4.69) is 95.1 Å². The molecule has 3 aromatic carbocycles. The van der Waals surface area contributed by atoms with E-state index < -0.39 is 0 Å². The highest BCUT2D eigenvalue weighted by molar-refractivity contribution is 9.10. The minimum atomic E-state index is -0.0116. The Bertz CT molecular complexity index is 1050. The Morgan fingerprint density at radius 2 is 1.28 bits per heavy atom. The van der Waals surface area contributed by atoms with Crippen molar-refractivity contribution in [1.82, 2.24) is 10.6 Å². The van der Waals surface area contributed by atoms with Gasteiger partial charge in [-0.25, -0.2) is 0 Å². The van der Waals surface area contributed by atoms with Crippen molar-refractivity contribution in [2.45, 2.75) is 12.8 Å². The molecular weight excluding hydrogens is 463 g/mol. The molecule has 0 saturated carbocycles. The fourth-order valence-corrected chi connectivity index (χ4v) is 4.24. The summed E-state index contributed by atoms with van der Waals surface area (Å²) in [6.07, 6.45) is 1.58.